The van der Waals surface area contributed by atoms with Crippen LogP contribution in [0.5, 0.6) is 17.2 Å². The van der Waals surface area contributed by atoms with Crippen molar-refractivity contribution >= 4 is 71.4 Å². The molecule has 0 radical (unpaired) electrons. The number of rotatable bonds is 31. The first kappa shape index (κ1) is 110. The molecule has 0 aromatic heterocycles. The van der Waals surface area contributed by atoms with Crippen molar-refractivity contribution in [2.24, 2.45) is 39.7 Å². The fourth-order valence-electron chi connectivity index (χ4n) is 18.0. The van der Waals surface area contributed by atoms with Gasteiger partial charge in [-0.3, -0.25) is 52.8 Å². The maximum atomic E-state index is 14.5. The van der Waals surface area contributed by atoms with Gasteiger partial charge in [0.25, 0.3) is 0 Å². The first-order chi connectivity index (χ1) is 65.7. The van der Waals surface area contributed by atoms with Gasteiger partial charge < -0.3 is 83.7 Å². The summed E-state index contributed by atoms with van der Waals surface area (Å²) < 4.78 is 127. The molecule has 762 valence electrons. The van der Waals surface area contributed by atoms with Crippen LogP contribution in [0.15, 0.2) is 146 Å². The predicted molar refractivity (Wildman–Crippen MR) is 504 cm³/mol. The maximum absolute atomic E-state index is 14.5. The molecule has 0 spiro atoms. The molecule has 6 aromatic carbocycles. The highest BCUT2D eigenvalue weighted by Crippen LogP contribution is 2.43. The summed E-state index contributed by atoms with van der Waals surface area (Å²) in [5, 5.41) is 5.62. The van der Waals surface area contributed by atoms with Crippen LogP contribution < -0.4 is 30.6 Å². The molecule has 4 N–H and O–H groups in total. The molecule has 6 aliphatic rings. The van der Waals surface area contributed by atoms with E-state index in [-0.39, 0.29) is 175 Å². The topological polar surface area (TPSA) is 351 Å². The Morgan fingerprint density at radius 2 is 0.686 bits per heavy atom. The van der Waals surface area contributed by atoms with Crippen LogP contribution in [0.4, 0.5) is 35.9 Å². The molecule has 140 heavy (non-hydrogen) atoms. The zero-order valence-electron chi connectivity index (χ0n) is 82.9. The second-order valence-corrected chi connectivity index (χ2v) is 41.5. The van der Waals surface area contributed by atoms with Crippen LogP contribution in [0.25, 0.3) is 0 Å². The number of nitrogens with one attached hydrogen (secondary N) is 2. The van der Waals surface area contributed by atoms with Crippen LogP contribution >= 0.6 is 0 Å². The van der Waals surface area contributed by atoms with Gasteiger partial charge in [-0.2, -0.15) is 0 Å². The molecule has 6 aromatic rings. The summed E-state index contributed by atoms with van der Waals surface area (Å²) in [6, 6.07) is 31.4. The number of amides is 9. The van der Waals surface area contributed by atoms with Gasteiger partial charge >= 0.3 is 30.1 Å². The lowest BCUT2D eigenvalue weighted by atomic mass is 9.85. The van der Waals surface area contributed by atoms with Crippen LogP contribution in [0.1, 0.15) is 185 Å². The molecule has 0 bridgehead atoms. The van der Waals surface area contributed by atoms with Crippen molar-refractivity contribution in [3.63, 3.8) is 0 Å². The summed E-state index contributed by atoms with van der Waals surface area (Å²) in [7, 11) is 1.45. The first-order valence-electron chi connectivity index (χ1n) is 47.4. The predicted octanol–water partition coefficient (Wildman–Crippen LogP) is 14.0. The lowest BCUT2D eigenvalue weighted by Gasteiger charge is -2.38. The van der Waals surface area contributed by atoms with Gasteiger partial charge in [0.2, 0.25) is 41.4 Å². The van der Waals surface area contributed by atoms with Gasteiger partial charge in [0, 0.05) is 102 Å². The van der Waals surface area contributed by atoms with E-state index in [9.17, 15) is 83.9 Å². The molecular formula is C104H134F6N10O20. The smallest absolute Gasteiger partial charge is 0.410 e. The number of esters is 3. The lowest BCUT2D eigenvalue weighted by Crippen LogP contribution is -2.60. The van der Waals surface area contributed by atoms with E-state index in [0.29, 0.717) is 38.9 Å². The highest BCUT2D eigenvalue weighted by molar-refractivity contribution is 5.93. The number of hydrogen-bond donors (Lipinski definition) is 3. The number of likely N-dealkylation sites (N-methyl/N-ethyl adjacent to an activating group) is 1. The number of hydrogen-bond acceptors (Lipinski definition) is 21. The lowest BCUT2D eigenvalue weighted by molar-refractivity contribution is -0.147. The molecule has 12 rings (SSSR count). The van der Waals surface area contributed by atoms with Gasteiger partial charge in [-0.25, -0.2) is 35.9 Å². The van der Waals surface area contributed by atoms with Gasteiger partial charge in [-0.05, 0) is 137 Å². The fraction of sp³-hybridized carbons (Fsp3) is 0.538. The Balaban J connectivity index is 0.000000218. The number of halogens is 6. The fourth-order valence-corrected chi connectivity index (χ4v) is 18.0. The number of nitrogens with zero attached hydrogens (tertiary/aromatic N) is 7. The number of fused-ring (bicyclic) bond motifs is 3. The molecular weight excluding hydrogens is 1820 g/mol. The minimum Gasteiger partial charge on any atom is -0.493 e. The summed E-state index contributed by atoms with van der Waals surface area (Å²) in [4.78, 5) is 170. The van der Waals surface area contributed by atoms with Crippen molar-refractivity contribution in [2.75, 3.05) is 66.1 Å². The third kappa shape index (κ3) is 30.0. The van der Waals surface area contributed by atoms with E-state index in [1.54, 1.807) is 77.9 Å². The van der Waals surface area contributed by atoms with Crippen LogP contribution in [0, 0.1) is 68.9 Å². The third-order valence-corrected chi connectivity index (χ3v) is 25.5. The number of likely N-dealkylation sites (tertiary alicyclic amines) is 6. The number of benzene rings is 6. The minimum absolute atomic E-state index is 0.0125. The van der Waals surface area contributed by atoms with Crippen LogP contribution in [-0.4, -0.2) is 244 Å². The molecule has 36 heteroatoms. The van der Waals surface area contributed by atoms with Gasteiger partial charge in [0.1, 0.15) is 66.4 Å². The Bertz CT molecular complexity index is 5330. The van der Waals surface area contributed by atoms with E-state index in [0.717, 1.165) is 53.1 Å². The second-order valence-electron chi connectivity index (χ2n) is 41.5. The van der Waals surface area contributed by atoms with Crippen LogP contribution in [0.2, 0.25) is 0 Å². The van der Waals surface area contributed by atoms with Crippen molar-refractivity contribution in [2.45, 2.75) is 260 Å². The molecule has 6 fully saturated rings. The zero-order valence-corrected chi connectivity index (χ0v) is 82.9. The first-order valence-corrected chi connectivity index (χ1v) is 47.4. The van der Waals surface area contributed by atoms with Crippen molar-refractivity contribution in [1.82, 2.24) is 44.9 Å². The quantitative estimate of drug-likeness (QED) is 0.0207. The van der Waals surface area contributed by atoms with E-state index in [1.165, 1.54) is 30.1 Å². The van der Waals surface area contributed by atoms with E-state index in [1.807, 2.05) is 153 Å². The Kier molecular flexibility index (Phi) is 37.3. The Morgan fingerprint density at radius 3 is 0.971 bits per heavy atom. The van der Waals surface area contributed by atoms with Gasteiger partial charge in [-0.1, -0.05) is 153 Å². The molecule has 0 aliphatic carbocycles. The van der Waals surface area contributed by atoms with Crippen molar-refractivity contribution in [3.05, 3.63) is 197 Å². The summed E-state index contributed by atoms with van der Waals surface area (Å²) >= 11 is 0. The average Bonchev–Trinajstić information content (AvgIpc) is 1.60. The number of nitrogens with two attached hydrogens (primary N) is 1. The van der Waals surface area contributed by atoms with Crippen molar-refractivity contribution in [1.29, 1.82) is 0 Å². The van der Waals surface area contributed by atoms with Gasteiger partial charge in [-0.15, -0.1) is 0 Å². The number of alkyl carbamates (subject to hydrolysis) is 1. The summed E-state index contributed by atoms with van der Waals surface area (Å²) in [5.74, 6) is -10.6. The van der Waals surface area contributed by atoms with Crippen molar-refractivity contribution in [3.8, 4) is 17.2 Å². The Hall–Kier alpha value is -12.5. The average molecular weight is 1960 g/mol. The normalized spacial score (nSPS) is 20.2. The molecule has 6 heterocycles. The molecule has 0 saturated carbocycles. The molecule has 6 aliphatic heterocycles. The Morgan fingerprint density at radius 1 is 0.386 bits per heavy atom. The summed E-state index contributed by atoms with van der Waals surface area (Å²) in [6.07, 6.45) is -0.438. The van der Waals surface area contributed by atoms with Gasteiger partial charge in [0.15, 0.2) is 34.9 Å². The largest absolute Gasteiger partial charge is 0.493 e. The maximum Gasteiger partial charge on any atom is 0.410 e. The van der Waals surface area contributed by atoms with E-state index in [2.05, 4.69) is 10.6 Å². The minimum atomic E-state index is -1.07. The van der Waals surface area contributed by atoms with Crippen LogP contribution in [0.3, 0.4) is 0 Å². The van der Waals surface area contributed by atoms with E-state index in [4.69, 9.17) is 43.6 Å². The second kappa shape index (κ2) is 47.6. The van der Waals surface area contributed by atoms with Crippen LogP contribution in [-0.2, 0) is 91.5 Å². The third-order valence-electron chi connectivity index (χ3n) is 25.5. The molecule has 6 saturated heterocycles. The Labute approximate surface area is 814 Å². The van der Waals surface area contributed by atoms with E-state index < -0.39 is 152 Å². The summed E-state index contributed by atoms with van der Waals surface area (Å²) in [5.41, 5.74) is 5.39. The molecule has 30 nitrogen and oxygen atoms in total. The molecule has 0 unspecified atom stereocenters. The zero-order chi connectivity index (χ0) is 103. The van der Waals surface area contributed by atoms with Gasteiger partial charge in [0.05, 0.1) is 81.4 Å². The highest BCUT2D eigenvalue weighted by atomic mass is 19.2. The number of carbonyl (C=O) groups excluding carboxylic acids is 12. The number of carbonyl (C=O) groups is 12. The standard InChI is InChI=1S/C39H52F2N4O8.C35H45F2N3O7.C30H37F2N3O5/c1-24(43(8)37(50)53-39(5,6)7)35(48)42-34(38(2,3)4)36(49)44-19-18-30-33(44)26(23-51-27-14-15-28(40)29(41)20-27)21-45(30)31(46)16-17-32(47)52-22-25-12-10-9-11-13-25;1-34(2,3)31(38-33(44)47-35(4,5)6)32(43)39-17-16-27-30(39)23(21-45-24-12-13-25(36)26(37)18-24)19-40(27)28(41)14-15-29(42)46-20-22-10-8-7-9-11-22;1-30(2,3)28(33)29(38)34-14-13-24-27(34)20(18-39-21-9-10-22(31)23(32)15-21)16-35(24)25(36)11-12-26(37)40-17-19-7-5-4-6-8-19/h9-15,20,24,26,30,33-34H,16-19,21-23H2,1-8H3,(H,42,48);7-13,18,23,27,30-31H,14-17,19-21H2,1-6H3,(H,38,44);4-10,15,20,24,27-28H,11-14,16-18,33H2,1-3H3/t24-,26+,30+,33+,34+;23-,27-,30-,31-;20-,24-,27-,28-/m011/s1. The summed E-state index contributed by atoms with van der Waals surface area (Å²) in [6.45, 7) is 30.7. The highest BCUT2D eigenvalue weighted by Gasteiger charge is 2.57. The molecule has 9 amide bonds. The number of ether oxygens (including phenoxy) is 8. The molecule has 13 atom stereocenters. The van der Waals surface area contributed by atoms with E-state index >= 15 is 0 Å². The van der Waals surface area contributed by atoms with Crippen molar-refractivity contribution < 1.29 is 122 Å². The monoisotopic (exact) mass is 1960 g/mol. The SMILES string of the molecule is CC(C)(C)OC(=O)N[C@H](C(=O)N1CC[C@@H]2[C@H]1[C@@H](COc1ccc(F)c(F)c1)CN2C(=O)CCC(=O)OCc1ccccc1)C(C)(C)C.CC(C)(C)[C@H](N)C(=O)N1CC[C@@H]2[C@H]1[C@@H](COc1ccc(F)c(F)c1)CN2C(=O)CCC(=O)OCc1ccccc1.C[C@@H](C(=O)N[C@H](C(=O)N1CC[C@@H]2[C@H]1[C@@H](COc1ccc(F)c(F)c1)CN2C(=O)CCC(=O)OCc1ccccc1)C(C)(C)C)N(C)C(=O)OC(C)(C)C.